The minimum atomic E-state index is 0.0114. The quantitative estimate of drug-likeness (QED) is 0.121. The Bertz CT molecular complexity index is 1860. The second kappa shape index (κ2) is 19.0. The first kappa shape index (κ1) is 44.8. The first-order chi connectivity index (χ1) is 25.6. The summed E-state index contributed by atoms with van der Waals surface area (Å²) in [5, 5.41) is 17.4. The number of hydrogen-bond donors (Lipinski definition) is 3. The third-order valence-corrected chi connectivity index (χ3v) is 11.0. The average Bonchev–Trinajstić information content (AvgIpc) is 3.05. The molecule has 0 aromatic heterocycles. The average molecular weight is 900 g/mol. The molecule has 4 aromatic carbocycles. The van der Waals surface area contributed by atoms with Gasteiger partial charge in [0.1, 0.15) is 17.2 Å². The van der Waals surface area contributed by atoms with E-state index in [9.17, 15) is 14.7 Å². The van der Waals surface area contributed by atoms with Crippen LogP contribution in [0.4, 0.5) is 0 Å². The summed E-state index contributed by atoms with van der Waals surface area (Å²) in [5.74, 6) is 2.25. The smallest absolute Gasteiger partial charge is 0.163 e. The van der Waals surface area contributed by atoms with Crippen molar-refractivity contribution >= 4 is 57.4 Å². The molecule has 0 atom stereocenters. The summed E-state index contributed by atoms with van der Waals surface area (Å²) in [5.41, 5.74) is 1.38. The van der Waals surface area contributed by atoms with Crippen LogP contribution < -0.4 is 15.4 Å². The number of rotatable bonds is 8. The first-order valence-corrected chi connectivity index (χ1v) is 20.8. The molecule has 2 fully saturated rings. The van der Waals surface area contributed by atoms with Crippen LogP contribution >= 0.6 is 45.8 Å². The number of phenolic OH excluding ortho intramolecular Hbond substituents is 1. The van der Waals surface area contributed by atoms with Gasteiger partial charge in [0.15, 0.2) is 11.6 Å². The van der Waals surface area contributed by atoms with E-state index in [-0.39, 0.29) is 44.5 Å². The minimum absolute atomic E-state index is 0.0114. The number of nitrogens with one attached hydrogen (secondary N) is 2. The molecule has 0 saturated carbocycles. The van der Waals surface area contributed by atoms with E-state index >= 15 is 0 Å². The molecule has 296 valence electrons. The van der Waals surface area contributed by atoms with Crippen molar-refractivity contribution in [2.24, 2.45) is 11.8 Å². The number of ketones is 2. The molecule has 0 spiro atoms. The van der Waals surface area contributed by atoms with E-state index in [0.29, 0.717) is 46.6 Å². The second-order valence-electron chi connectivity index (χ2n) is 17.6. The molecule has 6 rings (SSSR count). The third kappa shape index (κ3) is 14.8. The lowest BCUT2D eigenvalue weighted by Crippen LogP contribution is -2.58. The van der Waals surface area contributed by atoms with Crippen molar-refractivity contribution in [1.82, 2.24) is 10.6 Å². The fourth-order valence-electron chi connectivity index (χ4n) is 8.58. The maximum absolute atomic E-state index is 12.8. The van der Waals surface area contributed by atoms with E-state index in [1.165, 1.54) is 9.64 Å². The molecule has 2 aliphatic heterocycles. The van der Waals surface area contributed by atoms with Crippen LogP contribution in [0.3, 0.4) is 0 Å². The summed E-state index contributed by atoms with van der Waals surface area (Å²) < 4.78 is 7.09. The molecule has 0 bridgehead atoms. The van der Waals surface area contributed by atoms with Gasteiger partial charge >= 0.3 is 0 Å². The van der Waals surface area contributed by atoms with Gasteiger partial charge in [0.05, 0.1) is 10.0 Å². The zero-order valence-corrected chi connectivity index (χ0v) is 37.1. The number of piperidine rings is 2. The molecule has 0 unspecified atom stereocenters. The van der Waals surface area contributed by atoms with Gasteiger partial charge in [0.2, 0.25) is 0 Å². The van der Waals surface area contributed by atoms with Gasteiger partial charge in [-0.1, -0.05) is 59.6 Å². The minimum Gasteiger partial charge on any atom is -0.506 e. The van der Waals surface area contributed by atoms with Crippen LogP contribution in [0.15, 0.2) is 97.1 Å². The van der Waals surface area contributed by atoms with Gasteiger partial charge < -0.3 is 20.5 Å². The molecule has 2 heterocycles. The Labute approximate surface area is 352 Å². The van der Waals surface area contributed by atoms with E-state index in [2.05, 4.69) is 101 Å². The molecule has 3 N–H and O–H groups in total. The van der Waals surface area contributed by atoms with Crippen molar-refractivity contribution in [2.75, 3.05) is 0 Å². The van der Waals surface area contributed by atoms with Crippen LogP contribution in [0.5, 0.6) is 17.2 Å². The van der Waals surface area contributed by atoms with Crippen LogP contribution in [-0.2, 0) is 0 Å². The molecule has 2 saturated heterocycles. The summed E-state index contributed by atoms with van der Waals surface area (Å²) in [6.45, 7) is 17.6. The normalized spacial score (nSPS) is 18.5. The fourth-order valence-corrected chi connectivity index (χ4v) is 9.40. The molecular weight excluding hydrogens is 842 g/mol. The maximum Gasteiger partial charge on any atom is 0.163 e. The number of Topliss-reactive ketones (excluding diaryl/α,β-unsaturated/α-hetero) is 2. The highest BCUT2D eigenvalue weighted by Crippen LogP contribution is 2.38. The summed E-state index contributed by atoms with van der Waals surface area (Å²) in [4.78, 5) is 25.3. The highest BCUT2D eigenvalue weighted by atomic mass is 127. The molecule has 55 heavy (non-hydrogen) atoms. The molecule has 2 aliphatic rings. The number of hydrogen-bond acceptors (Lipinski definition) is 6. The van der Waals surface area contributed by atoms with Gasteiger partial charge in [-0.2, -0.15) is 0 Å². The van der Waals surface area contributed by atoms with Crippen molar-refractivity contribution in [3.63, 3.8) is 0 Å². The number of carbonyl (C=O) groups excluding carboxylic acids is 2. The summed E-state index contributed by atoms with van der Waals surface area (Å²) in [7, 11) is 0. The second-order valence-corrected chi connectivity index (χ2v) is 19.7. The number of carbonyl (C=O) groups is 2. The SMILES string of the molecule is CC1(C)CC(CC(=O)c2ccc(O)c(Cl)c2)CC(C)(C)N1.CC1(C)CC(CC(=O)c2ccc(Oc3ccccc3)c(Cl)c2)CC(C)(C)N1.Ic1ccccc1. The van der Waals surface area contributed by atoms with Crippen molar-refractivity contribution in [3.05, 3.63) is 122 Å². The summed E-state index contributed by atoms with van der Waals surface area (Å²) in [6, 6.07) is 29.7. The highest BCUT2D eigenvalue weighted by molar-refractivity contribution is 14.1. The Kier molecular flexibility index (Phi) is 15.5. The Morgan fingerprint density at radius 3 is 1.42 bits per heavy atom. The Hall–Kier alpha value is -2.95. The van der Waals surface area contributed by atoms with Crippen molar-refractivity contribution in [3.8, 4) is 17.2 Å². The number of phenols is 1. The molecule has 4 aromatic rings. The van der Waals surface area contributed by atoms with Crippen LogP contribution in [0.2, 0.25) is 10.0 Å². The third-order valence-electron chi connectivity index (χ3n) is 9.73. The predicted octanol–water partition coefficient (Wildman–Crippen LogP) is 12.7. The Morgan fingerprint density at radius 2 is 1.04 bits per heavy atom. The fraction of sp³-hybridized carbons (Fsp3) is 0.435. The molecule has 0 amide bonds. The van der Waals surface area contributed by atoms with Gasteiger partial charge in [-0.15, -0.1) is 0 Å². The summed E-state index contributed by atoms with van der Waals surface area (Å²) >= 11 is 14.5. The van der Waals surface area contributed by atoms with E-state index in [0.717, 1.165) is 31.4 Å². The van der Waals surface area contributed by atoms with Gasteiger partial charge in [-0.25, -0.2) is 0 Å². The zero-order valence-electron chi connectivity index (χ0n) is 33.4. The maximum atomic E-state index is 12.8. The number of aromatic hydroxyl groups is 1. The highest BCUT2D eigenvalue weighted by Gasteiger charge is 2.39. The molecule has 6 nitrogen and oxygen atoms in total. The number of halogens is 3. The topological polar surface area (TPSA) is 87.7 Å². The number of ether oxygens (including phenoxy) is 1. The van der Waals surface area contributed by atoms with E-state index in [1.807, 2.05) is 54.6 Å². The molecule has 9 heteroatoms. The van der Waals surface area contributed by atoms with Crippen molar-refractivity contribution < 1.29 is 19.4 Å². The van der Waals surface area contributed by atoms with Crippen LogP contribution in [0, 0.1) is 15.4 Å². The van der Waals surface area contributed by atoms with Crippen LogP contribution in [0.25, 0.3) is 0 Å². The molecule has 0 radical (unpaired) electrons. The van der Waals surface area contributed by atoms with Crippen LogP contribution in [-0.4, -0.2) is 38.8 Å². The van der Waals surface area contributed by atoms with E-state index < -0.39 is 0 Å². The summed E-state index contributed by atoms with van der Waals surface area (Å²) in [6.07, 6.45) is 5.01. The van der Waals surface area contributed by atoms with Crippen molar-refractivity contribution in [1.29, 1.82) is 0 Å². The van der Waals surface area contributed by atoms with E-state index in [1.54, 1.807) is 24.3 Å². The Morgan fingerprint density at radius 1 is 0.636 bits per heavy atom. The Balaban J connectivity index is 0.000000212. The number of benzene rings is 4. The van der Waals surface area contributed by atoms with E-state index in [4.69, 9.17) is 27.9 Å². The first-order valence-electron chi connectivity index (χ1n) is 19.0. The van der Waals surface area contributed by atoms with Gasteiger partial charge in [-0.05, 0) is 176 Å². The van der Waals surface area contributed by atoms with Crippen molar-refractivity contribution in [2.45, 2.75) is 116 Å². The lowest BCUT2D eigenvalue weighted by molar-refractivity contribution is 0.0852. The lowest BCUT2D eigenvalue weighted by Gasteiger charge is -2.46. The zero-order chi connectivity index (χ0) is 40.6. The lowest BCUT2D eigenvalue weighted by atomic mass is 9.74. The number of para-hydroxylation sites is 1. The monoisotopic (exact) mass is 898 g/mol. The van der Waals surface area contributed by atoms with Gasteiger partial charge in [0, 0.05) is 49.7 Å². The largest absolute Gasteiger partial charge is 0.506 e. The molecular formula is C46H57Cl2IN2O4. The standard InChI is InChI=1S/C23H28ClNO2.C17H24ClNO2.C6H5I/c1-22(2)14-16(15-23(3,4)25-22)12-20(26)17-10-11-21(19(24)13-17)27-18-8-6-5-7-9-18;1-16(2)9-11(10-17(3,4)19-16)7-15(21)12-5-6-14(20)13(18)8-12;7-6-4-2-1-3-5-6/h5-11,13,16,25H,12,14-15H2,1-4H3;5-6,8,11,19-20H,7,9-10H2,1-4H3;1-5H. The van der Waals surface area contributed by atoms with Gasteiger partial charge in [-0.3, -0.25) is 9.59 Å². The van der Waals surface area contributed by atoms with Gasteiger partial charge in [0.25, 0.3) is 0 Å². The van der Waals surface area contributed by atoms with Crippen LogP contribution in [0.1, 0.15) is 115 Å². The molecule has 0 aliphatic carbocycles. The predicted molar refractivity (Wildman–Crippen MR) is 236 cm³/mol.